The van der Waals surface area contributed by atoms with Crippen LogP contribution >= 0.6 is 0 Å². The van der Waals surface area contributed by atoms with Crippen molar-refractivity contribution in [2.24, 2.45) is 5.73 Å². The van der Waals surface area contributed by atoms with Crippen LogP contribution in [-0.4, -0.2) is 26.6 Å². The van der Waals surface area contributed by atoms with Gasteiger partial charge < -0.3 is 24.7 Å². The molecule has 17 heavy (non-hydrogen) atoms. The van der Waals surface area contributed by atoms with E-state index in [4.69, 9.17) is 24.7 Å². The van der Waals surface area contributed by atoms with E-state index in [9.17, 15) is 0 Å². The average Bonchev–Trinajstić information content (AvgIpc) is 2.96. The zero-order valence-electron chi connectivity index (χ0n) is 9.48. The van der Waals surface area contributed by atoms with Crippen molar-refractivity contribution in [1.29, 1.82) is 0 Å². The Morgan fingerprint density at radius 1 is 1.12 bits per heavy atom. The molecule has 2 heterocycles. The molecule has 5 nitrogen and oxygen atoms in total. The van der Waals surface area contributed by atoms with Crippen molar-refractivity contribution in [3.05, 3.63) is 23.8 Å². The number of nitrogens with two attached hydrogens (primary N) is 1. The Morgan fingerprint density at radius 3 is 2.65 bits per heavy atom. The summed E-state index contributed by atoms with van der Waals surface area (Å²) in [5.41, 5.74) is 6.56. The fraction of sp³-hybridized carbons (Fsp3) is 0.500. The van der Waals surface area contributed by atoms with Crippen LogP contribution in [-0.2, 0) is 15.3 Å². The van der Waals surface area contributed by atoms with Crippen molar-refractivity contribution in [2.75, 3.05) is 26.6 Å². The van der Waals surface area contributed by atoms with Gasteiger partial charge in [0.05, 0.1) is 13.2 Å². The maximum atomic E-state index is 5.73. The van der Waals surface area contributed by atoms with E-state index >= 15 is 0 Å². The molecule has 1 aromatic rings. The molecule has 0 atom stereocenters. The Bertz CT molecular complexity index is 415. The molecular weight excluding hydrogens is 222 g/mol. The molecule has 2 N–H and O–H groups in total. The van der Waals surface area contributed by atoms with E-state index in [0.717, 1.165) is 17.1 Å². The highest BCUT2D eigenvalue weighted by atomic mass is 16.7. The van der Waals surface area contributed by atoms with E-state index in [1.54, 1.807) is 0 Å². The van der Waals surface area contributed by atoms with Crippen LogP contribution in [0.3, 0.4) is 0 Å². The average molecular weight is 237 g/mol. The van der Waals surface area contributed by atoms with Gasteiger partial charge in [-0.15, -0.1) is 0 Å². The molecule has 92 valence electrons. The summed E-state index contributed by atoms with van der Waals surface area (Å²) >= 11 is 0. The van der Waals surface area contributed by atoms with Crippen LogP contribution < -0.4 is 15.2 Å². The highest BCUT2D eigenvalue weighted by molar-refractivity contribution is 5.45. The monoisotopic (exact) mass is 237 g/mol. The predicted molar refractivity (Wildman–Crippen MR) is 59.8 cm³/mol. The van der Waals surface area contributed by atoms with Crippen molar-refractivity contribution in [2.45, 2.75) is 12.2 Å². The minimum absolute atomic E-state index is 0.268. The zero-order chi connectivity index (χ0) is 11.7. The molecule has 0 aromatic heterocycles. The molecule has 3 rings (SSSR count). The molecule has 0 bridgehead atoms. The summed E-state index contributed by atoms with van der Waals surface area (Å²) in [5, 5.41) is 0. The van der Waals surface area contributed by atoms with E-state index < -0.39 is 5.79 Å². The fourth-order valence-corrected chi connectivity index (χ4v) is 2.23. The molecule has 0 spiro atoms. The molecule has 0 aliphatic carbocycles. The Balaban J connectivity index is 1.96. The van der Waals surface area contributed by atoms with Crippen LogP contribution in [0.2, 0.25) is 0 Å². The van der Waals surface area contributed by atoms with Gasteiger partial charge in [0.15, 0.2) is 17.3 Å². The summed E-state index contributed by atoms with van der Waals surface area (Å²) < 4.78 is 22.1. The number of benzene rings is 1. The minimum Gasteiger partial charge on any atom is -0.454 e. The largest absolute Gasteiger partial charge is 0.454 e. The van der Waals surface area contributed by atoms with Crippen LogP contribution in [0.25, 0.3) is 0 Å². The van der Waals surface area contributed by atoms with Crippen molar-refractivity contribution in [3.63, 3.8) is 0 Å². The highest BCUT2D eigenvalue weighted by Gasteiger charge is 2.38. The smallest absolute Gasteiger partial charge is 0.231 e. The number of ether oxygens (including phenoxy) is 4. The summed E-state index contributed by atoms with van der Waals surface area (Å²) in [6.07, 6.45) is 0.632. The summed E-state index contributed by atoms with van der Waals surface area (Å²) in [5.74, 6) is 0.781. The van der Waals surface area contributed by atoms with Crippen LogP contribution in [0.15, 0.2) is 18.2 Å². The normalized spacial score (nSPS) is 20.8. The van der Waals surface area contributed by atoms with Gasteiger partial charge in [0.1, 0.15) is 0 Å². The van der Waals surface area contributed by atoms with Crippen LogP contribution in [0, 0.1) is 0 Å². The van der Waals surface area contributed by atoms with Crippen molar-refractivity contribution < 1.29 is 18.9 Å². The maximum absolute atomic E-state index is 5.73. The van der Waals surface area contributed by atoms with Gasteiger partial charge in [-0.05, 0) is 24.7 Å². The molecular formula is C12H15NO4. The van der Waals surface area contributed by atoms with Gasteiger partial charge in [0.25, 0.3) is 0 Å². The van der Waals surface area contributed by atoms with E-state index in [1.165, 1.54) is 0 Å². The second-order valence-electron chi connectivity index (χ2n) is 4.06. The van der Waals surface area contributed by atoms with E-state index in [0.29, 0.717) is 26.2 Å². The molecule has 1 saturated heterocycles. The fourth-order valence-electron chi connectivity index (χ4n) is 2.23. The van der Waals surface area contributed by atoms with Gasteiger partial charge in [-0.25, -0.2) is 0 Å². The Morgan fingerprint density at radius 2 is 1.88 bits per heavy atom. The maximum Gasteiger partial charge on any atom is 0.231 e. The number of rotatable bonds is 3. The number of fused-ring (bicyclic) bond motifs is 1. The zero-order valence-corrected chi connectivity index (χ0v) is 9.48. The molecule has 5 heteroatoms. The lowest BCUT2D eigenvalue weighted by atomic mass is 10.0. The third-order valence-electron chi connectivity index (χ3n) is 3.04. The van der Waals surface area contributed by atoms with Gasteiger partial charge >= 0.3 is 0 Å². The first-order valence-corrected chi connectivity index (χ1v) is 5.72. The third kappa shape index (κ3) is 1.76. The summed E-state index contributed by atoms with van der Waals surface area (Å²) in [7, 11) is 0. The van der Waals surface area contributed by atoms with Gasteiger partial charge in [-0.2, -0.15) is 0 Å². The van der Waals surface area contributed by atoms with Gasteiger partial charge in [-0.3, -0.25) is 0 Å². The SMILES string of the molecule is NCCC1(c2ccc3c(c2)OCO3)OCCO1. The van der Waals surface area contributed by atoms with E-state index in [1.807, 2.05) is 18.2 Å². The van der Waals surface area contributed by atoms with Gasteiger partial charge in [0, 0.05) is 12.0 Å². The first kappa shape index (κ1) is 10.8. The van der Waals surface area contributed by atoms with E-state index in [-0.39, 0.29) is 6.79 Å². The molecule has 0 saturated carbocycles. The van der Waals surface area contributed by atoms with Crippen LogP contribution in [0.5, 0.6) is 11.5 Å². The molecule has 1 fully saturated rings. The Hall–Kier alpha value is -1.30. The molecule has 0 radical (unpaired) electrons. The lowest BCUT2D eigenvalue weighted by Crippen LogP contribution is -2.30. The summed E-state index contributed by atoms with van der Waals surface area (Å²) in [4.78, 5) is 0. The minimum atomic E-state index is -0.713. The van der Waals surface area contributed by atoms with E-state index in [2.05, 4.69) is 0 Å². The third-order valence-corrected chi connectivity index (χ3v) is 3.04. The van der Waals surface area contributed by atoms with Crippen LogP contribution in [0.4, 0.5) is 0 Å². The molecule has 2 aliphatic rings. The second kappa shape index (κ2) is 4.18. The van der Waals surface area contributed by atoms with Crippen LogP contribution in [0.1, 0.15) is 12.0 Å². The molecule has 0 amide bonds. The van der Waals surface area contributed by atoms with Gasteiger partial charge in [-0.1, -0.05) is 0 Å². The number of hydrogen-bond acceptors (Lipinski definition) is 5. The number of hydrogen-bond donors (Lipinski definition) is 1. The molecule has 0 unspecified atom stereocenters. The van der Waals surface area contributed by atoms with Crippen molar-refractivity contribution in [3.8, 4) is 11.5 Å². The molecule has 1 aromatic carbocycles. The summed E-state index contributed by atoms with van der Waals surface area (Å²) in [6, 6.07) is 5.72. The standard InChI is InChI=1S/C12H15NO4/c13-4-3-12(16-5-6-17-12)9-1-2-10-11(7-9)15-8-14-10/h1-2,7H,3-6,8,13H2. The highest BCUT2D eigenvalue weighted by Crippen LogP contribution is 2.40. The predicted octanol–water partition coefficient (Wildman–Crippen LogP) is 0.964. The first-order chi connectivity index (χ1) is 8.34. The molecule has 2 aliphatic heterocycles. The van der Waals surface area contributed by atoms with Gasteiger partial charge in [0.2, 0.25) is 6.79 Å². The Labute approximate surface area is 99.4 Å². The van der Waals surface area contributed by atoms with Crippen molar-refractivity contribution in [1.82, 2.24) is 0 Å². The summed E-state index contributed by atoms with van der Waals surface area (Å²) in [6.45, 7) is 1.96. The lowest BCUT2D eigenvalue weighted by Gasteiger charge is -2.27. The second-order valence-corrected chi connectivity index (χ2v) is 4.06. The topological polar surface area (TPSA) is 62.9 Å². The van der Waals surface area contributed by atoms with Crippen molar-refractivity contribution >= 4 is 0 Å². The quantitative estimate of drug-likeness (QED) is 0.848. The lowest BCUT2D eigenvalue weighted by molar-refractivity contribution is -0.168. The Kier molecular flexibility index (Phi) is 2.66. The first-order valence-electron chi connectivity index (χ1n) is 5.72.